The largest absolute Gasteiger partial charge is 0.370 e. The summed E-state index contributed by atoms with van der Waals surface area (Å²) < 4.78 is 6.37. The normalized spacial score (nSPS) is 28.1. The number of ether oxygens (including phenoxy) is 1. The van der Waals surface area contributed by atoms with Gasteiger partial charge in [0, 0.05) is 49.5 Å². The van der Waals surface area contributed by atoms with Crippen molar-refractivity contribution < 1.29 is 4.74 Å². The fraction of sp³-hybridized carbons (Fsp3) is 0.600. The maximum absolute atomic E-state index is 9.46. The molecule has 3 aliphatic heterocycles. The number of anilines is 1. The molecular formula is C25H33N5O. The highest BCUT2D eigenvalue weighted by molar-refractivity contribution is 5.95. The molecule has 3 aliphatic rings. The smallest absolute Gasteiger partial charge is 0.101 e. The van der Waals surface area contributed by atoms with Gasteiger partial charge in [0.15, 0.2) is 0 Å². The molecular weight excluding hydrogens is 386 g/mol. The molecule has 5 rings (SSSR count). The third-order valence-electron chi connectivity index (χ3n) is 7.15. The molecule has 1 aromatic carbocycles. The number of rotatable bonds is 4. The van der Waals surface area contributed by atoms with E-state index in [2.05, 4.69) is 44.8 Å². The second-order valence-electron chi connectivity index (χ2n) is 9.42. The Balaban J connectivity index is 1.28. The lowest BCUT2D eigenvalue weighted by Gasteiger charge is -2.40. The number of pyridine rings is 1. The first-order valence-electron chi connectivity index (χ1n) is 11.9. The van der Waals surface area contributed by atoms with Crippen LogP contribution in [-0.4, -0.2) is 78.8 Å². The molecule has 0 saturated carbocycles. The van der Waals surface area contributed by atoms with Crippen molar-refractivity contribution in [2.75, 3.05) is 50.7 Å². The van der Waals surface area contributed by atoms with Gasteiger partial charge in [-0.1, -0.05) is 6.42 Å². The van der Waals surface area contributed by atoms with E-state index in [1.807, 2.05) is 12.1 Å². The first-order valence-corrected chi connectivity index (χ1v) is 11.9. The van der Waals surface area contributed by atoms with Crippen LogP contribution in [0.1, 0.15) is 38.2 Å². The maximum Gasteiger partial charge on any atom is 0.101 e. The molecule has 0 amide bonds. The number of nitriles is 1. The van der Waals surface area contributed by atoms with Gasteiger partial charge < -0.3 is 9.64 Å². The van der Waals surface area contributed by atoms with Gasteiger partial charge in [0.25, 0.3) is 0 Å². The van der Waals surface area contributed by atoms with Crippen LogP contribution in [-0.2, 0) is 4.74 Å². The van der Waals surface area contributed by atoms with Gasteiger partial charge in [-0.3, -0.25) is 14.8 Å². The van der Waals surface area contributed by atoms with E-state index < -0.39 is 0 Å². The zero-order valence-electron chi connectivity index (χ0n) is 18.5. The van der Waals surface area contributed by atoms with Crippen LogP contribution in [0.5, 0.6) is 0 Å². The Bertz CT molecular complexity index is 951. The fourth-order valence-electron chi connectivity index (χ4n) is 5.71. The first-order chi connectivity index (χ1) is 15.2. The van der Waals surface area contributed by atoms with Gasteiger partial charge in [0.2, 0.25) is 0 Å². The number of fused-ring (bicyclic) bond motifs is 1. The highest BCUT2D eigenvalue weighted by Crippen LogP contribution is 2.30. The molecule has 3 fully saturated rings. The molecule has 0 unspecified atom stereocenters. The summed E-state index contributed by atoms with van der Waals surface area (Å²) in [5.74, 6) is 0. The van der Waals surface area contributed by atoms with Crippen LogP contribution < -0.4 is 4.90 Å². The SMILES string of the molecule is C[C@@H]1CN(c2ccc(C#N)c3ncccc23)C[C@@H](CN2CC[C@@H](N3CCCCC3)C2)O1. The Hall–Kier alpha value is -2.20. The van der Waals surface area contributed by atoms with Gasteiger partial charge in [-0.05, 0) is 70.1 Å². The number of likely N-dealkylation sites (tertiary alicyclic amines) is 2. The molecule has 2 aromatic rings. The molecule has 0 aliphatic carbocycles. The number of benzene rings is 1. The van der Waals surface area contributed by atoms with Crippen LogP contribution in [0.2, 0.25) is 0 Å². The number of aromatic nitrogens is 1. The van der Waals surface area contributed by atoms with E-state index in [9.17, 15) is 5.26 Å². The summed E-state index contributed by atoms with van der Waals surface area (Å²) in [6.07, 6.45) is 7.56. The van der Waals surface area contributed by atoms with Crippen LogP contribution >= 0.6 is 0 Å². The molecule has 31 heavy (non-hydrogen) atoms. The summed E-state index contributed by atoms with van der Waals surface area (Å²) >= 11 is 0. The van der Waals surface area contributed by atoms with Crippen molar-refractivity contribution in [3.8, 4) is 6.07 Å². The summed E-state index contributed by atoms with van der Waals surface area (Å²) in [6.45, 7) is 9.83. The lowest BCUT2D eigenvalue weighted by Crippen LogP contribution is -2.51. The molecule has 0 bridgehead atoms. The molecule has 6 nitrogen and oxygen atoms in total. The fourth-order valence-corrected chi connectivity index (χ4v) is 5.71. The standard InChI is InChI=1S/C25H33N5O/c1-19-15-30(24-8-7-20(14-26)25-23(24)6-5-10-27-25)18-22(31-19)17-28-13-9-21(16-28)29-11-3-2-4-12-29/h5-8,10,19,21-22H,2-4,9,11-13,15-18H2,1H3/t19-,21-,22-/m1/s1. The monoisotopic (exact) mass is 419 g/mol. The molecule has 3 atom stereocenters. The van der Waals surface area contributed by atoms with Gasteiger partial charge in [0.1, 0.15) is 6.07 Å². The van der Waals surface area contributed by atoms with E-state index >= 15 is 0 Å². The summed E-state index contributed by atoms with van der Waals surface area (Å²) in [6, 6.07) is 11.0. The Morgan fingerprint density at radius 3 is 2.81 bits per heavy atom. The maximum atomic E-state index is 9.46. The van der Waals surface area contributed by atoms with Gasteiger partial charge >= 0.3 is 0 Å². The molecule has 6 heteroatoms. The minimum absolute atomic E-state index is 0.182. The minimum atomic E-state index is 0.182. The molecule has 4 heterocycles. The van der Waals surface area contributed by atoms with Crippen LogP contribution in [0, 0.1) is 11.3 Å². The van der Waals surface area contributed by atoms with Gasteiger partial charge in [-0.25, -0.2) is 0 Å². The van der Waals surface area contributed by atoms with E-state index in [4.69, 9.17) is 4.74 Å². The molecule has 0 spiro atoms. The van der Waals surface area contributed by atoms with Crippen LogP contribution in [0.3, 0.4) is 0 Å². The van der Waals surface area contributed by atoms with Crippen molar-refractivity contribution in [1.29, 1.82) is 5.26 Å². The lowest BCUT2D eigenvalue weighted by atomic mass is 10.1. The van der Waals surface area contributed by atoms with Crippen LogP contribution in [0.4, 0.5) is 5.69 Å². The average molecular weight is 420 g/mol. The van der Waals surface area contributed by atoms with Gasteiger partial charge in [-0.2, -0.15) is 5.26 Å². The van der Waals surface area contributed by atoms with E-state index in [1.54, 1.807) is 6.20 Å². The number of hydrogen-bond acceptors (Lipinski definition) is 6. The summed E-state index contributed by atoms with van der Waals surface area (Å²) in [5.41, 5.74) is 2.59. The van der Waals surface area contributed by atoms with Crippen LogP contribution in [0.15, 0.2) is 30.5 Å². The number of nitrogens with zero attached hydrogens (tertiary/aromatic N) is 5. The van der Waals surface area contributed by atoms with Gasteiger partial charge in [-0.15, -0.1) is 0 Å². The summed E-state index contributed by atoms with van der Waals surface area (Å²) in [7, 11) is 0. The number of morpholine rings is 1. The third-order valence-corrected chi connectivity index (χ3v) is 7.15. The Labute approximate surface area is 185 Å². The number of piperidine rings is 1. The predicted molar refractivity (Wildman–Crippen MR) is 123 cm³/mol. The molecule has 1 aromatic heterocycles. The van der Waals surface area contributed by atoms with E-state index in [1.165, 1.54) is 51.9 Å². The molecule has 0 N–H and O–H groups in total. The molecule has 164 valence electrons. The average Bonchev–Trinajstić information content (AvgIpc) is 3.27. The van der Waals surface area contributed by atoms with E-state index in [0.29, 0.717) is 5.56 Å². The van der Waals surface area contributed by atoms with E-state index in [0.717, 1.165) is 42.3 Å². The number of hydrogen-bond donors (Lipinski definition) is 0. The van der Waals surface area contributed by atoms with Crippen molar-refractivity contribution in [1.82, 2.24) is 14.8 Å². The molecule has 3 saturated heterocycles. The summed E-state index contributed by atoms with van der Waals surface area (Å²) in [5, 5.41) is 10.5. The van der Waals surface area contributed by atoms with Crippen molar-refractivity contribution in [3.63, 3.8) is 0 Å². The Kier molecular flexibility index (Phi) is 6.08. The lowest BCUT2D eigenvalue weighted by molar-refractivity contribution is -0.0301. The minimum Gasteiger partial charge on any atom is -0.370 e. The first kappa shape index (κ1) is 20.7. The van der Waals surface area contributed by atoms with Crippen molar-refractivity contribution in [3.05, 3.63) is 36.0 Å². The Morgan fingerprint density at radius 1 is 1.10 bits per heavy atom. The highest BCUT2D eigenvalue weighted by atomic mass is 16.5. The third kappa shape index (κ3) is 4.41. The molecule has 0 radical (unpaired) electrons. The van der Waals surface area contributed by atoms with E-state index in [-0.39, 0.29) is 12.2 Å². The summed E-state index contributed by atoms with van der Waals surface area (Å²) in [4.78, 5) is 12.2. The Morgan fingerprint density at radius 2 is 1.97 bits per heavy atom. The van der Waals surface area contributed by atoms with Crippen molar-refractivity contribution >= 4 is 16.6 Å². The second-order valence-corrected chi connectivity index (χ2v) is 9.42. The quantitative estimate of drug-likeness (QED) is 0.758. The topological polar surface area (TPSA) is 55.6 Å². The predicted octanol–water partition coefficient (Wildman–Crippen LogP) is 3.26. The van der Waals surface area contributed by atoms with Crippen LogP contribution in [0.25, 0.3) is 10.9 Å². The van der Waals surface area contributed by atoms with Gasteiger partial charge in [0.05, 0.1) is 23.3 Å². The van der Waals surface area contributed by atoms with Crippen molar-refractivity contribution in [2.45, 2.75) is 50.9 Å². The zero-order valence-corrected chi connectivity index (χ0v) is 18.5. The second kappa shape index (κ2) is 9.12. The zero-order chi connectivity index (χ0) is 21.2. The van der Waals surface area contributed by atoms with Crippen molar-refractivity contribution in [2.24, 2.45) is 0 Å². The highest BCUT2D eigenvalue weighted by Gasteiger charge is 2.33.